The minimum Gasteiger partial charge on any atom is -0.508 e. The van der Waals surface area contributed by atoms with Crippen LogP contribution in [0.4, 0.5) is 0 Å². The molecule has 0 radical (unpaired) electrons. The zero-order valence-electron chi connectivity index (χ0n) is 13.7. The van der Waals surface area contributed by atoms with Crippen LogP contribution in [0.5, 0.6) is 11.5 Å². The molecule has 0 atom stereocenters. The number of imidazole rings is 1. The first-order valence-corrected chi connectivity index (χ1v) is 7.76. The van der Waals surface area contributed by atoms with E-state index in [4.69, 9.17) is 0 Å². The predicted octanol–water partition coefficient (Wildman–Crippen LogP) is 1.49. The van der Waals surface area contributed by atoms with Crippen molar-refractivity contribution in [3.8, 4) is 28.6 Å². The summed E-state index contributed by atoms with van der Waals surface area (Å²) >= 11 is 0. The van der Waals surface area contributed by atoms with Gasteiger partial charge in [0, 0.05) is 18.7 Å². The van der Waals surface area contributed by atoms with Gasteiger partial charge in [-0.2, -0.15) is 0 Å². The number of hydrogen-bond acceptors (Lipinski definition) is 5. The third-order valence-electron chi connectivity index (χ3n) is 4.08. The summed E-state index contributed by atoms with van der Waals surface area (Å²) in [6.45, 7) is 0. The SMILES string of the molecule is Cn1c(=O)c2[nH]c(-c3cc(O)cc(O)c3)nc2n(-c2ccccc2)c1=O. The molecule has 8 nitrogen and oxygen atoms in total. The Hall–Kier alpha value is -3.81. The highest BCUT2D eigenvalue weighted by Gasteiger charge is 2.18. The topological polar surface area (TPSA) is 113 Å². The fourth-order valence-corrected chi connectivity index (χ4v) is 2.85. The van der Waals surface area contributed by atoms with Gasteiger partial charge in [-0.25, -0.2) is 14.3 Å². The lowest BCUT2D eigenvalue weighted by Crippen LogP contribution is -2.37. The molecule has 0 saturated carbocycles. The number of fused-ring (bicyclic) bond motifs is 1. The van der Waals surface area contributed by atoms with Crippen LogP contribution in [0.2, 0.25) is 0 Å². The lowest BCUT2D eigenvalue weighted by atomic mass is 10.2. The molecular weight excluding hydrogens is 336 g/mol. The Bertz CT molecular complexity index is 1230. The van der Waals surface area contributed by atoms with Gasteiger partial charge in [0.1, 0.15) is 17.3 Å². The quantitative estimate of drug-likeness (QED) is 0.507. The number of rotatable bonds is 2. The normalized spacial score (nSPS) is 11.1. The van der Waals surface area contributed by atoms with Gasteiger partial charge in [-0.3, -0.25) is 9.36 Å². The molecule has 2 aromatic heterocycles. The maximum Gasteiger partial charge on any atom is 0.337 e. The number of phenols is 2. The van der Waals surface area contributed by atoms with Gasteiger partial charge in [0.25, 0.3) is 5.56 Å². The van der Waals surface area contributed by atoms with Crippen molar-refractivity contribution in [3.63, 3.8) is 0 Å². The van der Waals surface area contributed by atoms with Crippen molar-refractivity contribution < 1.29 is 10.2 Å². The van der Waals surface area contributed by atoms with E-state index in [0.717, 1.165) is 4.57 Å². The minimum atomic E-state index is -0.523. The van der Waals surface area contributed by atoms with E-state index in [2.05, 4.69) is 9.97 Å². The second-order valence-corrected chi connectivity index (χ2v) is 5.84. The van der Waals surface area contributed by atoms with E-state index in [0.29, 0.717) is 11.3 Å². The Balaban J connectivity index is 2.09. The van der Waals surface area contributed by atoms with Crippen molar-refractivity contribution in [1.29, 1.82) is 0 Å². The summed E-state index contributed by atoms with van der Waals surface area (Å²) < 4.78 is 2.33. The molecule has 0 aliphatic carbocycles. The molecule has 0 fully saturated rings. The molecule has 0 amide bonds. The Morgan fingerprint density at radius 1 is 1.00 bits per heavy atom. The van der Waals surface area contributed by atoms with E-state index in [1.807, 2.05) is 6.07 Å². The smallest absolute Gasteiger partial charge is 0.337 e. The third kappa shape index (κ3) is 2.35. The number of phenolic OH excluding ortho intramolecular Hbond substituents is 2. The molecule has 0 bridgehead atoms. The van der Waals surface area contributed by atoms with Crippen LogP contribution in [-0.4, -0.2) is 29.3 Å². The van der Waals surface area contributed by atoms with Crippen molar-refractivity contribution in [3.05, 3.63) is 69.4 Å². The molecule has 8 heteroatoms. The molecule has 0 aliphatic heterocycles. The fourth-order valence-electron chi connectivity index (χ4n) is 2.85. The van der Waals surface area contributed by atoms with Gasteiger partial charge < -0.3 is 15.2 Å². The molecule has 0 saturated heterocycles. The number of benzene rings is 2. The Kier molecular flexibility index (Phi) is 3.40. The van der Waals surface area contributed by atoms with Crippen LogP contribution in [-0.2, 0) is 7.05 Å². The summed E-state index contributed by atoms with van der Waals surface area (Å²) in [6, 6.07) is 12.8. The predicted molar refractivity (Wildman–Crippen MR) is 95.7 cm³/mol. The number of aromatic amines is 1. The fraction of sp³-hybridized carbons (Fsp3) is 0.0556. The number of aromatic hydroxyl groups is 2. The molecule has 0 unspecified atom stereocenters. The zero-order chi connectivity index (χ0) is 18.4. The van der Waals surface area contributed by atoms with Crippen molar-refractivity contribution in [2.75, 3.05) is 0 Å². The molecular formula is C18H14N4O4. The lowest BCUT2D eigenvalue weighted by Gasteiger charge is -2.08. The number of nitrogens with one attached hydrogen (secondary N) is 1. The van der Waals surface area contributed by atoms with Crippen LogP contribution < -0.4 is 11.2 Å². The van der Waals surface area contributed by atoms with Gasteiger partial charge in [-0.05, 0) is 24.3 Å². The second-order valence-electron chi connectivity index (χ2n) is 5.84. The summed E-state index contributed by atoms with van der Waals surface area (Å²) in [5, 5.41) is 19.4. The zero-order valence-corrected chi connectivity index (χ0v) is 13.7. The minimum absolute atomic E-state index is 0.145. The van der Waals surface area contributed by atoms with E-state index < -0.39 is 11.2 Å². The molecule has 0 aliphatic rings. The number of aromatic nitrogens is 4. The third-order valence-corrected chi connectivity index (χ3v) is 4.08. The van der Waals surface area contributed by atoms with Crippen molar-refractivity contribution in [1.82, 2.24) is 19.1 Å². The first-order valence-electron chi connectivity index (χ1n) is 7.76. The average molecular weight is 350 g/mol. The van der Waals surface area contributed by atoms with E-state index in [-0.39, 0.29) is 28.5 Å². The second kappa shape index (κ2) is 5.62. The van der Waals surface area contributed by atoms with Crippen LogP contribution in [0.3, 0.4) is 0 Å². The Morgan fingerprint density at radius 3 is 2.31 bits per heavy atom. The van der Waals surface area contributed by atoms with Crippen LogP contribution >= 0.6 is 0 Å². The molecule has 4 aromatic rings. The summed E-state index contributed by atoms with van der Waals surface area (Å²) in [4.78, 5) is 32.4. The summed E-state index contributed by atoms with van der Waals surface area (Å²) in [5.41, 5.74) is 0.226. The van der Waals surface area contributed by atoms with Crippen LogP contribution in [0.15, 0.2) is 58.1 Å². The number of nitrogens with zero attached hydrogens (tertiary/aromatic N) is 3. The summed E-state index contributed by atoms with van der Waals surface area (Å²) in [7, 11) is 1.39. The Morgan fingerprint density at radius 2 is 1.65 bits per heavy atom. The summed E-state index contributed by atoms with van der Waals surface area (Å²) in [6.07, 6.45) is 0. The molecule has 130 valence electrons. The van der Waals surface area contributed by atoms with Gasteiger partial charge in [-0.15, -0.1) is 0 Å². The van der Waals surface area contributed by atoms with Gasteiger partial charge in [-0.1, -0.05) is 18.2 Å². The van der Waals surface area contributed by atoms with E-state index in [1.54, 1.807) is 24.3 Å². The maximum absolute atomic E-state index is 12.7. The van der Waals surface area contributed by atoms with Gasteiger partial charge in [0.05, 0.1) is 5.69 Å². The van der Waals surface area contributed by atoms with E-state index in [1.165, 1.54) is 29.8 Å². The monoisotopic (exact) mass is 350 g/mol. The number of H-pyrrole nitrogens is 1. The molecule has 2 aromatic carbocycles. The standard InChI is InChI=1S/C18H14N4O4/c1-21-17(25)14-16(22(18(21)26)11-5-3-2-4-6-11)20-15(19-14)10-7-12(23)9-13(24)8-10/h2-9,23-24H,1H3,(H,19,20). The van der Waals surface area contributed by atoms with Gasteiger partial charge in [0.15, 0.2) is 11.2 Å². The number of hydrogen-bond donors (Lipinski definition) is 3. The van der Waals surface area contributed by atoms with Gasteiger partial charge >= 0.3 is 5.69 Å². The largest absolute Gasteiger partial charge is 0.508 e. The molecule has 26 heavy (non-hydrogen) atoms. The van der Waals surface area contributed by atoms with Gasteiger partial charge in [0.2, 0.25) is 0 Å². The highest BCUT2D eigenvalue weighted by atomic mass is 16.3. The van der Waals surface area contributed by atoms with Crippen LogP contribution in [0, 0.1) is 0 Å². The highest BCUT2D eigenvalue weighted by molar-refractivity contribution is 5.77. The molecule has 4 rings (SSSR count). The van der Waals surface area contributed by atoms with Crippen molar-refractivity contribution >= 4 is 11.2 Å². The first-order chi connectivity index (χ1) is 12.5. The molecule has 3 N–H and O–H groups in total. The molecule has 2 heterocycles. The maximum atomic E-state index is 12.7. The molecule has 0 spiro atoms. The lowest BCUT2D eigenvalue weighted by molar-refractivity contribution is 0.451. The highest BCUT2D eigenvalue weighted by Crippen LogP contribution is 2.27. The summed E-state index contributed by atoms with van der Waals surface area (Å²) in [5.74, 6) is -0.0406. The van der Waals surface area contributed by atoms with E-state index >= 15 is 0 Å². The van der Waals surface area contributed by atoms with E-state index in [9.17, 15) is 19.8 Å². The Labute approximate surface area is 146 Å². The van der Waals surface area contributed by atoms with Crippen molar-refractivity contribution in [2.45, 2.75) is 0 Å². The number of para-hydroxylation sites is 1. The van der Waals surface area contributed by atoms with Crippen molar-refractivity contribution in [2.24, 2.45) is 7.05 Å². The average Bonchev–Trinajstić information content (AvgIpc) is 3.05. The van der Waals surface area contributed by atoms with Crippen LogP contribution in [0.1, 0.15) is 0 Å². The van der Waals surface area contributed by atoms with Crippen LogP contribution in [0.25, 0.3) is 28.2 Å². The first kappa shape index (κ1) is 15.7.